The lowest BCUT2D eigenvalue weighted by atomic mass is 10.1. The van der Waals surface area contributed by atoms with Crippen molar-refractivity contribution in [3.05, 3.63) is 22.7 Å². The van der Waals surface area contributed by atoms with Gasteiger partial charge in [0.1, 0.15) is 4.90 Å². The van der Waals surface area contributed by atoms with Crippen molar-refractivity contribution in [3.63, 3.8) is 0 Å². The van der Waals surface area contributed by atoms with Crippen LogP contribution in [0.4, 0.5) is 5.69 Å². The van der Waals surface area contributed by atoms with Gasteiger partial charge in [-0.1, -0.05) is 11.6 Å². The number of nitrogens with two attached hydrogens (primary N) is 1. The van der Waals surface area contributed by atoms with Gasteiger partial charge in [0.05, 0.1) is 16.3 Å². The van der Waals surface area contributed by atoms with Crippen molar-refractivity contribution < 1.29 is 18.3 Å². The maximum absolute atomic E-state index is 11.3. The maximum Gasteiger partial charge on any atom is 0.337 e. The summed E-state index contributed by atoms with van der Waals surface area (Å²) >= 11 is 5.85. The van der Waals surface area contributed by atoms with Crippen LogP contribution in [0.15, 0.2) is 17.0 Å². The average molecular weight is 336 g/mol. The summed E-state index contributed by atoms with van der Waals surface area (Å²) < 4.78 is 22.7. The summed E-state index contributed by atoms with van der Waals surface area (Å²) in [7, 11) is -0.210. The first-order valence-corrected chi connectivity index (χ1v) is 8.03. The Hall–Kier alpha value is -1.35. The molecule has 0 atom stereocenters. The largest absolute Gasteiger partial charge is 0.478 e. The number of carbonyl (C=O) groups is 1. The number of hydrogen-bond donors (Lipinski definition) is 3. The Morgan fingerprint density at radius 1 is 1.43 bits per heavy atom. The number of halogens is 1. The van der Waals surface area contributed by atoms with E-state index in [9.17, 15) is 13.2 Å². The van der Waals surface area contributed by atoms with E-state index < -0.39 is 20.9 Å². The van der Waals surface area contributed by atoms with Crippen LogP contribution in [0.2, 0.25) is 5.02 Å². The van der Waals surface area contributed by atoms with Gasteiger partial charge in [0.25, 0.3) is 0 Å². The van der Waals surface area contributed by atoms with E-state index in [1.165, 1.54) is 6.07 Å². The third-order valence-electron chi connectivity index (χ3n) is 2.71. The molecule has 0 unspecified atom stereocenters. The van der Waals surface area contributed by atoms with Gasteiger partial charge in [-0.15, -0.1) is 0 Å². The molecule has 1 aromatic carbocycles. The Bertz CT molecular complexity index is 632. The number of nitrogens with one attached hydrogen (secondary N) is 1. The second kappa shape index (κ2) is 7.08. The first-order chi connectivity index (χ1) is 9.62. The van der Waals surface area contributed by atoms with Gasteiger partial charge in [-0.25, -0.2) is 18.4 Å². The van der Waals surface area contributed by atoms with E-state index >= 15 is 0 Å². The smallest absolute Gasteiger partial charge is 0.337 e. The van der Waals surface area contributed by atoms with E-state index in [1.54, 1.807) is 0 Å². The summed E-state index contributed by atoms with van der Waals surface area (Å²) in [6.45, 7) is 1.36. The Balaban J connectivity index is 3.04. The normalized spacial score (nSPS) is 11.7. The van der Waals surface area contributed by atoms with Crippen LogP contribution in [0, 0.1) is 0 Å². The highest BCUT2D eigenvalue weighted by Gasteiger charge is 2.20. The minimum Gasteiger partial charge on any atom is -0.478 e. The van der Waals surface area contributed by atoms with Crippen LogP contribution in [-0.2, 0) is 10.0 Å². The predicted octanol–water partition coefficient (Wildman–Crippen LogP) is 1.05. The van der Waals surface area contributed by atoms with Crippen LogP contribution >= 0.6 is 11.6 Å². The Morgan fingerprint density at radius 3 is 2.52 bits per heavy atom. The summed E-state index contributed by atoms with van der Waals surface area (Å²) in [6, 6.07) is 2.23. The summed E-state index contributed by atoms with van der Waals surface area (Å²) in [5, 5.41) is 17.0. The number of benzene rings is 1. The number of rotatable bonds is 7. The Morgan fingerprint density at radius 2 is 2.05 bits per heavy atom. The SMILES string of the molecule is CN(C)CCCNc1cc(Cl)c(S(N)(=O)=O)cc1C(=O)O. The van der Waals surface area contributed by atoms with Crippen LogP contribution in [0.25, 0.3) is 0 Å². The van der Waals surface area contributed by atoms with Crippen LogP contribution < -0.4 is 10.5 Å². The lowest BCUT2D eigenvalue weighted by molar-refractivity contribution is 0.0697. The molecular formula is C12H18ClN3O4S. The molecular weight excluding hydrogens is 318 g/mol. The van der Waals surface area contributed by atoms with Crippen LogP contribution in [0.1, 0.15) is 16.8 Å². The molecule has 0 radical (unpaired) electrons. The topological polar surface area (TPSA) is 113 Å². The van der Waals surface area contributed by atoms with Crippen LogP contribution in [-0.4, -0.2) is 51.6 Å². The van der Waals surface area contributed by atoms with Gasteiger partial charge in [0, 0.05) is 6.54 Å². The average Bonchev–Trinajstić information content (AvgIpc) is 2.32. The highest BCUT2D eigenvalue weighted by molar-refractivity contribution is 7.89. The van der Waals surface area contributed by atoms with E-state index in [2.05, 4.69) is 5.32 Å². The van der Waals surface area contributed by atoms with Crippen LogP contribution in [0.5, 0.6) is 0 Å². The highest BCUT2D eigenvalue weighted by atomic mass is 35.5. The van der Waals surface area contributed by atoms with Crippen molar-refractivity contribution in [3.8, 4) is 0 Å². The molecule has 1 rings (SSSR count). The van der Waals surface area contributed by atoms with Gasteiger partial charge in [0.15, 0.2) is 0 Å². The first kappa shape index (κ1) is 17.7. The molecule has 21 heavy (non-hydrogen) atoms. The van der Waals surface area contributed by atoms with Gasteiger partial charge < -0.3 is 15.3 Å². The van der Waals surface area contributed by atoms with Crippen LogP contribution in [0.3, 0.4) is 0 Å². The lowest BCUT2D eigenvalue weighted by Crippen LogP contribution is -2.18. The number of sulfonamides is 1. The summed E-state index contributed by atoms with van der Waals surface area (Å²) in [4.78, 5) is 12.8. The Labute approximate surface area is 128 Å². The molecule has 0 aliphatic rings. The fourth-order valence-electron chi connectivity index (χ4n) is 1.71. The standard InChI is InChI=1S/C12H18ClN3O4S/c1-16(2)5-3-4-15-10-7-9(13)11(21(14,19)20)6-8(10)12(17)18/h6-7,15H,3-5H2,1-2H3,(H,17,18)(H2,14,19,20). The minimum atomic E-state index is -4.07. The van der Waals surface area contributed by atoms with Crippen molar-refractivity contribution in [2.45, 2.75) is 11.3 Å². The number of hydrogen-bond acceptors (Lipinski definition) is 5. The summed E-state index contributed by atoms with van der Waals surface area (Å²) in [6.07, 6.45) is 0.792. The molecule has 0 aliphatic heterocycles. The van der Waals surface area contributed by atoms with Gasteiger partial charge in [-0.05, 0) is 39.2 Å². The quantitative estimate of drug-likeness (QED) is 0.642. The first-order valence-electron chi connectivity index (χ1n) is 6.11. The third kappa shape index (κ3) is 5.16. The molecule has 7 nitrogen and oxygen atoms in total. The van der Waals surface area contributed by atoms with Crippen molar-refractivity contribution in [1.29, 1.82) is 0 Å². The maximum atomic E-state index is 11.3. The zero-order valence-corrected chi connectivity index (χ0v) is 13.3. The third-order valence-corrected chi connectivity index (χ3v) is 4.08. The van der Waals surface area contributed by atoms with Gasteiger partial charge in [-0.2, -0.15) is 0 Å². The molecule has 0 spiro atoms. The van der Waals surface area contributed by atoms with Gasteiger partial charge >= 0.3 is 5.97 Å². The molecule has 0 amide bonds. The van der Waals surface area contributed by atoms with E-state index in [0.717, 1.165) is 19.0 Å². The minimum absolute atomic E-state index is 0.113. The molecule has 0 aromatic heterocycles. The molecule has 1 aromatic rings. The lowest BCUT2D eigenvalue weighted by Gasteiger charge is -2.14. The fraction of sp³-hybridized carbons (Fsp3) is 0.417. The number of carboxylic acid groups (broad SMARTS) is 1. The number of carboxylic acids is 1. The molecule has 0 saturated carbocycles. The van der Waals surface area contributed by atoms with E-state index in [0.29, 0.717) is 6.54 Å². The van der Waals surface area contributed by atoms with Crippen molar-refractivity contribution in [1.82, 2.24) is 4.90 Å². The van der Waals surface area contributed by atoms with Crippen molar-refractivity contribution >= 4 is 33.3 Å². The number of anilines is 1. The Kier molecular flexibility index (Phi) is 5.97. The number of nitrogens with zero attached hydrogens (tertiary/aromatic N) is 1. The molecule has 0 heterocycles. The molecule has 9 heteroatoms. The zero-order valence-electron chi connectivity index (χ0n) is 11.8. The molecule has 0 bridgehead atoms. The van der Waals surface area contributed by atoms with E-state index in [-0.39, 0.29) is 16.3 Å². The molecule has 4 N–H and O–H groups in total. The number of primary sulfonamides is 1. The number of aromatic carboxylic acids is 1. The molecule has 0 saturated heterocycles. The summed E-state index contributed by atoms with van der Waals surface area (Å²) in [5.74, 6) is -1.26. The van der Waals surface area contributed by atoms with E-state index in [1.807, 2.05) is 19.0 Å². The van der Waals surface area contributed by atoms with Crippen molar-refractivity contribution in [2.24, 2.45) is 5.14 Å². The monoisotopic (exact) mass is 335 g/mol. The van der Waals surface area contributed by atoms with Gasteiger partial charge in [-0.3, -0.25) is 0 Å². The molecule has 118 valence electrons. The molecule has 0 fully saturated rings. The molecule has 0 aliphatic carbocycles. The predicted molar refractivity (Wildman–Crippen MR) is 81.4 cm³/mol. The van der Waals surface area contributed by atoms with Gasteiger partial charge in [0.2, 0.25) is 10.0 Å². The fourth-order valence-corrected chi connectivity index (χ4v) is 2.81. The second-order valence-corrected chi connectivity index (χ2v) is 6.70. The van der Waals surface area contributed by atoms with Crippen molar-refractivity contribution in [2.75, 3.05) is 32.5 Å². The highest BCUT2D eigenvalue weighted by Crippen LogP contribution is 2.28. The summed E-state index contributed by atoms with van der Waals surface area (Å²) in [5.41, 5.74) is 0.0759. The van der Waals surface area contributed by atoms with E-state index in [4.69, 9.17) is 21.8 Å². The zero-order chi connectivity index (χ0) is 16.2. The second-order valence-electron chi connectivity index (χ2n) is 4.76.